The van der Waals surface area contributed by atoms with Gasteiger partial charge in [0.1, 0.15) is 11.5 Å². The Morgan fingerprint density at radius 1 is 0.355 bits per heavy atom. The number of ether oxygens (including phenoxy) is 2. The van der Waals surface area contributed by atoms with E-state index in [-0.39, 0.29) is 25.2 Å². The summed E-state index contributed by atoms with van der Waals surface area (Å²) in [6.07, 6.45) is 52.2. The topological polar surface area (TPSA) is 57.3 Å². The first-order valence-corrected chi connectivity index (χ1v) is 40.5. The van der Waals surface area contributed by atoms with Crippen LogP contribution in [0.3, 0.4) is 0 Å². The van der Waals surface area contributed by atoms with E-state index < -0.39 is 0 Å². The van der Waals surface area contributed by atoms with E-state index in [2.05, 4.69) is 173 Å². The Hall–Kier alpha value is -4.68. The van der Waals surface area contributed by atoms with E-state index >= 15 is 0 Å². The molecule has 0 aliphatic carbocycles. The second-order valence-electron chi connectivity index (χ2n) is 26.6. The van der Waals surface area contributed by atoms with Crippen molar-refractivity contribution in [3.63, 3.8) is 0 Å². The molecule has 1 aliphatic rings. The molecule has 0 saturated carbocycles. The van der Waals surface area contributed by atoms with Crippen LogP contribution in [-0.2, 0) is 13.1 Å². The van der Waals surface area contributed by atoms with E-state index in [0.717, 1.165) is 111 Å². The monoisotopic (exact) mass is 1340 g/mol. The molecule has 6 aromatic carbocycles. The molecular formula is C85H120Cl2FeN3O2. The fourth-order valence-electron chi connectivity index (χ4n) is 13.4. The minimum atomic E-state index is -0.00976. The van der Waals surface area contributed by atoms with Crippen molar-refractivity contribution in [2.24, 2.45) is 9.98 Å². The van der Waals surface area contributed by atoms with Crippen molar-refractivity contribution in [3.05, 3.63) is 151 Å². The Kier molecular flexibility index (Phi) is 41.4. The number of halogens is 2. The minimum absolute atomic E-state index is 0.00976. The fraction of sp³-hybridized carbons (Fsp3) is 0.553. The predicted octanol–water partition coefficient (Wildman–Crippen LogP) is 28.8. The van der Waals surface area contributed by atoms with Gasteiger partial charge >= 0.3 is 33.3 Å². The molecular weight excluding hydrogens is 1220 g/mol. The van der Waals surface area contributed by atoms with Crippen LogP contribution in [-0.4, -0.2) is 36.7 Å². The van der Waals surface area contributed by atoms with Gasteiger partial charge in [0.2, 0.25) is 0 Å². The van der Waals surface area contributed by atoms with Gasteiger partial charge in [0.15, 0.2) is 0 Å². The maximum absolute atomic E-state index is 6.92. The molecule has 8 heteroatoms. The molecule has 6 aromatic rings. The van der Waals surface area contributed by atoms with Gasteiger partial charge in [0.05, 0.1) is 24.6 Å². The van der Waals surface area contributed by atoms with Crippen LogP contribution in [0.25, 0.3) is 49.8 Å². The van der Waals surface area contributed by atoms with Crippen LogP contribution in [0.1, 0.15) is 278 Å². The summed E-state index contributed by atoms with van der Waals surface area (Å²) in [7, 11) is 9.53. The van der Waals surface area contributed by atoms with E-state index in [1.54, 1.807) is 0 Å². The molecule has 0 amide bonds. The van der Waals surface area contributed by atoms with Gasteiger partial charge in [-0.1, -0.05) is 385 Å². The second kappa shape index (κ2) is 49.8. The van der Waals surface area contributed by atoms with Crippen molar-refractivity contribution in [3.8, 4) is 56.0 Å². The molecule has 0 N–H and O–H groups in total. The molecule has 1 heterocycles. The number of nitrogens with zero attached hydrogens (tertiary/aromatic N) is 3. The van der Waals surface area contributed by atoms with Gasteiger partial charge in [-0.2, -0.15) is 0 Å². The van der Waals surface area contributed by atoms with Crippen molar-refractivity contribution in [2.75, 3.05) is 13.2 Å². The molecule has 509 valence electrons. The summed E-state index contributed by atoms with van der Waals surface area (Å²) in [6.45, 7) is 10.4. The SMILES string of the molecule is CCCCCCCCCCCCCCCCCCCCOc1c(-c2ccccc2)cc(N=C(C)C2CCCC(C(C)=Nc3cc(-c4ccccc4)c(OCCCCCCCCCCCCCCCCCCCC)c(-c4ccccc4)c3)[N-]2)cc1-c1ccccc1.[Cl][Fe+][Cl]. The molecule has 1 aliphatic heterocycles. The van der Waals surface area contributed by atoms with Crippen molar-refractivity contribution in [1.82, 2.24) is 0 Å². The summed E-state index contributed by atoms with van der Waals surface area (Å²) < 4.78 is 13.8. The normalized spacial score (nSPS) is 14.3. The first kappa shape index (κ1) is 77.3. The first-order valence-electron chi connectivity index (χ1n) is 37.4. The van der Waals surface area contributed by atoms with Crippen molar-refractivity contribution in [2.45, 2.75) is 290 Å². The summed E-state index contributed by atoms with van der Waals surface area (Å²) in [5, 5.41) is 5.55. The van der Waals surface area contributed by atoms with Crippen LogP contribution < -0.4 is 9.47 Å². The van der Waals surface area contributed by atoms with Gasteiger partial charge in [0, 0.05) is 22.3 Å². The van der Waals surface area contributed by atoms with Crippen LogP contribution in [0.15, 0.2) is 156 Å². The van der Waals surface area contributed by atoms with E-state index in [0.29, 0.717) is 13.2 Å². The second-order valence-corrected chi connectivity index (χ2v) is 28.4. The molecule has 93 heavy (non-hydrogen) atoms. The molecule has 0 aromatic heterocycles. The number of rotatable bonds is 48. The van der Waals surface area contributed by atoms with E-state index in [1.807, 2.05) is 0 Å². The zero-order valence-corrected chi connectivity index (χ0v) is 60.9. The Labute approximate surface area is 582 Å². The van der Waals surface area contributed by atoms with Gasteiger partial charge in [-0.15, -0.1) is 0 Å². The van der Waals surface area contributed by atoms with E-state index in [1.165, 1.54) is 218 Å². The van der Waals surface area contributed by atoms with E-state index in [4.69, 9.17) is 45.0 Å². The predicted molar refractivity (Wildman–Crippen MR) is 405 cm³/mol. The molecule has 0 radical (unpaired) electrons. The average molecular weight is 1340 g/mol. The molecule has 2 atom stereocenters. The van der Waals surface area contributed by atoms with Gasteiger partial charge in [-0.05, 0) is 84.6 Å². The number of hydrogen-bond acceptors (Lipinski definition) is 4. The third kappa shape index (κ3) is 30.9. The van der Waals surface area contributed by atoms with Gasteiger partial charge in [-0.3, -0.25) is 9.98 Å². The molecule has 1 fully saturated rings. The number of hydrogen-bond donors (Lipinski definition) is 0. The van der Waals surface area contributed by atoms with Crippen LogP contribution in [0, 0.1) is 0 Å². The number of benzene rings is 6. The Morgan fingerprint density at radius 3 is 0.796 bits per heavy atom. The Morgan fingerprint density at radius 2 is 0.570 bits per heavy atom. The van der Waals surface area contributed by atoms with Crippen LogP contribution >= 0.6 is 20.2 Å². The summed E-state index contributed by atoms with van der Waals surface area (Å²) in [5.74, 6) is 1.88. The fourth-order valence-corrected chi connectivity index (χ4v) is 13.4. The van der Waals surface area contributed by atoms with Crippen LogP contribution in [0.4, 0.5) is 11.4 Å². The molecule has 7 rings (SSSR count). The van der Waals surface area contributed by atoms with Crippen LogP contribution in [0.2, 0.25) is 0 Å². The third-order valence-corrected chi connectivity index (χ3v) is 18.9. The van der Waals surface area contributed by atoms with Crippen molar-refractivity contribution in [1.29, 1.82) is 0 Å². The zero-order valence-electron chi connectivity index (χ0n) is 58.3. The number of piperidine rings is 1. The number of aliphatic imine (C=N–C) groups is 2. The Balaban J connectivity index is 0.00000448. The summed E-state index contributed by atoms with van der Waals surface area (Å²) in [5.41, 5.74) is 12.8. The maximum atomic E-state index is 6.92. The molecule has 5 nitrogen and oxygen atoms in total. The van der Waals surface area contributed by atoms with Crippen LogP contribution in [0.5, 0.6) is 11.5 Å². The van der Waals surface area contributed by atoms with Gasteiger partial charge in [0.25, 0.3) is 0 Å². The summed E-state index contributed by atoms with van der Waals surface area (Å²) in [4.78, 5) is 10.9. The van der Waals surface area contributed by atoms with E-state index in [9.17, 15) is 0 Å². The van der Waals surface area contributed by atoms with Crippen molar-refractivity contribution >= 4 is 43.0 Å². The summed E-state index contributed by atoms with van der Waals surface area (Å²) in [6, 6.07) is 51.9. The number of unbranched alkanes of at least 4 members (excludes halogenated alkanes) is 34. The average Bonchev–Trinajstić information content (AvgIpc) is 0.844. The van der Waals surface area contributed by atoms with Gasteiger partial charge < -0.3 is 14.8 Å². The molecule has 1 saturated heterocycles. The third-order valence-electron chi connectivity index (χ3n) is 18.9. The zero-order chi connectivity index (χ0) is 65.4. The quantitative estimate of drug-likeness (QED) is 0.0217. The molecule has 0 bridgehead atoms. The van der Waals surface area contributed by atoms with Gasteiger partial charge in [-0.25, -0.2) is 0 Å². The Bertz CT molecular complexity index is 2590. The summed E-state index contributed by atoms with van der Waals surface area (Å²) >= 11 is 0.194. The first-order chi connectivity index (χ1) is 45.9. The molecule has 2 unspecified atom stereocenters. The van der Waals surface area contributed by atoms with Crippen molar-refractivity contribution < 1.29 is 22.6 Å². The molecule has 0 spiro atoms. The standard InChI is InChI=1S/C85H120N3O2.2ClH.Fe/c1-5-7-9-11-13-15-17-19-21-23-25-27-29-31-33-35-37-51-64-89-84-78(72-54-43-39-44-55-72)66-76(67-79(84)73-56-45-40-46-57-73)86-70(3)82-62-53-63-83(88-82)71(4)87-77-68-80(74-58-47-41-48-59-74)85(81(69-77)75-60-49-42-50-61-75)90-65-52-38-36-34-32-30-28-26-24-22-20-18-16-14-12-10-8-6-2;;;/h39-50,54-61,66-69,82-83H,5-38,51-53,62-65H2,1-4H3;2*1H;/q-1;;;+3/p-2.